The molecule has 0 nitrogen and oxygen atoms in total. The summed E-state index contributed by atoms with van der Waals surface area (Å²) in [5, 5.41) is 2.64. The van der Waals surface area contributed by atoms with Crippen molar-refractivity contribution in [2.45, 2.75) is 33.6 Å². The maximum Gasteiger partial charge on any atom is 0.0354 e. The van der Waals surface area contributed by atoms with Crippen molar-refractivity contribution in [2.75, 3.05) is 0 Å². The first-order valence-electron chi connectivity index (χ1n) is 10.2. The topological polar surface area (TPSA) is 0 Å². The molecule has 0 fully saturated rings. The van der Waals surface area contributed by atoms with Crippen LogP contribution in [0.3, 0.4) is 0 Å². The molecule has 0 aliphatic heterocycles. The molecule has 3 aromatic carbocycles. The SMILES string of the molecule is CC1=CC(C)(C)C(C)=C1C1C(c2cccc3ccccc23)=Cc2ccccc21. The van der Waals surface area contributed by atoms with Crippen molar-refractivity contribution in [3.63, 3.8) is 0 Å². The van der Waals surface area contributed by atoms with Gasteiger partial charge in [-0.15, -0.1) is 0 Å². The monoisotopic (exact) mass is 362 g/mol. The van der Waals surface area contributed by atoms with Gasteiger partial charge in [0.15, 0.2) is 0 Å². The quantitative estimate of drug-likeness (QED) is 0.436. The molecule has 0 heterocycles. The summed E-state index contributed by atoms with van der Waals surface area (Å²) < 4.78 is 0. The Morgan fingerprint density at radius 2 is 1.50 bits per heavy atom. The van der Waals surface area contributed by atoms with Gasteiger partial charge in [-0.3, -0.25) is 0 Å². The second-order valence-electron chi connectivity index (χ2n) is 8.78. The van der Waals surface area contributed by atoms with Gasteiger partial charge in [-0.25, -0.2) is 0 Å². The lowest BCUT2D eigenvalue weighted by Gasteiger charge is -2.25. The molecule has 1 atom stereocenters. The lowest BCUT2D eigenvalue weighted by Crippen LogP contribution is -2.09. The number of allylic oxidation sites excluding steroid dienone is 5. The molecular formula is C28H26. The third-order valence-electron chi connectivity index (χ3n) is 6.69. The first-order chi connectivity index (χ1) is 13.5. The molecule has 138 valence electrons. The normalized spacial score (nSPS) is 20.4. The highest BCUT2D eigenvalue weighted by molar-refractivity contribution is 6.03. The molecule has 3 aromatic rings. The first-order valence-corrected chi connectivity index (χ1v) is 10.2. The summed E-state index contributed by atoms with van der Waals surface area (Å²) in [4.78, 5) is 0. The lowest BCUT2D eigenvalue weighted by atomic mass is 9.78. The van der Waals surface area contributed by atoms with E-state index in [4.69, 9.17) is 0 Å². The molecule has 0 saturated heterocycles. The fraction of sp³-hybridized carbons (Fsp3) is 0.214. The molecule has 0 N–H and O–H groups in total. The summed E-state index contributed by atoms with van der Waals surface area (Å²) >= 11 is 0. The molecule has 0 aromatic heterocycles. The van der Waals surface area contributed by atoms with E-state index in [0.29, 0.717) is 5.92 Å². The summed E-state index contributed by atoms with van der Waals surface area (Å²) in [7, 11) is 0. The summed E-state index contributed by atoms with van der Waals surface area (Å²) in [5.74, 6) is 0.306. The van der Waals surface area contributed by atoms with Crippen LogP contribution in [0.15, 0.2) is 89.5 Å². The van der Waals surface area contributed by atoms with E-state index >= 15 is 0 Å². The van der Waals surface area contributed by atoms with Crippen molar-refractivity contribution in [3.8, 4) is 0 Å². The van der Waals surface area contributed by atoms with Gasteiger partial charge in [-0.05, 0) is 58.5 Å². The Morgan fingerprint density at radius 3 is 2.29 bits per heavy atom. The molecule has 0 bridgehead atoms. The Balaban J connectivity index is 1.79. The lowest BCUT2D eigenvalue weighted by molar-refractivity contribution is 0.586. The molecule has 0 spiro atoms. The van der Waals surface area contributed by atoms with Crippen molar-refractivity contribution < 1.29 is 0 Å². The summed E-state index contributed by atoms with van der Waals surface area (Å²) in [6.07, 6.45) is 4.86. The molecule has 1 unspecified atom stereocenters. The predicted molar refractivity (Wildman–Crippen MR) is 121 cm³/mol. The number of rotatable bonds is 2. The Kier molecular flexibility index (Phi) is 3.74. The standard InChI is InChI=1S/C28H26/c1-18-17-28(3,4)19(2)26(18)27-23-14-8-6-11-21(23)16-25(27)24-15-9-12-20-10-5-7-13-22(20)24/h5-17,27H,1-4H3. The largest absolute Gasteiger partial charge is 0.0716 e. The molecule has 0 heteroatoms. The van der Waals surface area contributed by atoms with E-state index in [2.05, 4.69) is 107 Å². The number of hydrogen-bond donors (Lipinski definition) is 0. The summed E-state index contributed by atoms with van der Waals surface area (Å²) in [6.45, 7) is 9.28. The van der Waals surface area contributed by atoms with Crippen LogP contribution in [0.5, 0.6) is 0 Å². The minimum absolute atomic E-state index is 0.126. The third-order valence-corrected chi connectivity index (χ3v) is 6.69. The van der Waals surface area contributed by atoms with Gasteiger partial charge >= 0.3 is 0 Å². The zero-order chi connectivity index (χ0) is 19.5. The summed E-state index contributed by atoms with van der Waals surface area (Å²) in [6, 6.07) is 24.4. The Bertz CT molecular complexity index is 1190. The Morgan fingerprint density at radius 1 is 0.786 bits per heavy atom. The van der Waals surface area contributed by atoms with E-state index in [1.54, 1.807) is 0 Å². The van der Waals surface area contributed by atoms with Gasteiger partial charge in [-0.2, -0.15) is 0 Å². The van der Waals surface area contributed by atoms with E-state index in [0.717, 1.165) is 0 Å². The Labute approximate surface area is 167 Å². The van der Waals surface area contributed by atoms with Gasteiger partial charge < -0.3 is 0 Å². The van der Waals surface area contributed by atoms with Crippen LogP contribution in [-0.2, 0) is 0 Å². The number of fused-ring (bicyclic) bond motifs is 2. The molecule has 2 aliphatic carbocycles. The van der Waals surface area contributed by atoms with Gasteiger partial charge in [0, 0.05) is 11.3 Å². The fourth-order valence-electron chi connectivity index (χ4n) is 5.16. The summed E-state index contributed by atoms with van der Waals surface area (Å²) in [5.41, 5.74) is 10.1. The zero-order valence-electron chi connectivity index (χ0n) is 17.1. The number of hydrogen-bond acceptors (Lipinski definition) is 0. The van der Waals surface area contributed by atoms with E-state index < -0.39 is 0 Å². The van der Waals surface area contributed by atoms with Crippen LogP contribution in [-0.4, -0.2) is 0 Å². The van der Waals surface area contributed by atoms with Crippen molar-refractivity contribution in [3.05, 3.63) is 106 Å². The van der Waals surface area contributed by atoms with Crippen LogP contribution in [0, 0.1) is 5.41 Å². The van der Waals surface area contributed by atoms with Crippen LogP contribution in [0.4, 0.5) is 0 Å². The average molecular weight is 363 g/mol. The molecule has 0 radical (unpaired) electrons. The zero-order valence-corrected chi connectivity index (χ0v) is 17.1. The third kappa shape index (κ3) is 2.44. The van der Waals surface area contributed by atoms with E-state index in [-0.39, 0.29) is 5.41 Å². The highest BCUT2D eigenvalue weighted by Gasteiger charge is 2.37. The maximum atomic E-state index is 2.44. The smallest absolute Gasteiger partial charge is 0.0354 e. The van der Waals surface area contributed by atoms with Crippen molar-refractivity contribution in [1.82, 2.24) is 0 Å². The van der Waals surface area contributed by atoms with Crippen molar-refractivity contribution in [2.24, 2.45) is 5.41 Å². The van der Waals surface area contributed by atoms with Gasteiger partial charge in [0.25, 0.3) is 0 Å². The van der Waals surface area contributed by atoms with Gasteiger partial charge in [0.1, 0.15) is 0 Å². The van der Waals surface area contributed by atoms with Crippen molar-refractivity contribution >= 4 is 22.4 Å². The maximum absolute atomic E-state index is 2.44. The van der Waals surface area contributed by atoms with Gasteiger partial charge in [0.2, 0.25) is 0 Å². The second kappa shape index (κ2) is 6.07. The minimum atomic E-state index is 0.126. The fourth-order valence-corrected chi connectivity index (χ4v) is 5.16. The van der Waals surface area contributed by atoms with Crippen LogP contribution in [0.25, 0.3) is 22.4 Å². The van der Waals surface area contributed by atoms with Crippen molar-refractivity contribution in [1.29, 1.82) is 0 Å². The first kappa shape index (κ1) is 17.3. The predicted octanol–water partition coefficient (Wildman–Crippen LogP) is 7.78. The Hall–Kier alpha value is -2.86. The molecule has 0 amide bonds. The highest BCUT2D eigenvalue weighted by Crippen LogP contribution is 2.54. The molecule has 2 aliphatic rings. The van der Waals surface area contributed by atoms with Crippen LogP contribution in [0.2, 0.25) is 0 Å². The van der Waals surface area contributed by atoms with Crippen LogP contribution in [0.1, 0.15) is 50.3 Å². The molecular weight excluding hydrogens is 336 g/mol. The van der Waals surface area contributed by atoms with Gasteiger partial charge in [0.05, 0.1) is 0 Å². The highest BCUT2D eigenvalue weighted by atomic mass is 14.4. The average Bonchev–Trinajstić information content (AvgIpc) is 3.15. The number of benzene rings is 3. The van der Waals surface area contributed by atoms with E-state index in [9.17, 15) is 0 Å². The minimum Gasteiger partial charge on any atom is -0.0716 e. The van der Waals surface area contributed by atoms with Gasteiger partial charge in [-0.1, -0.05) is 97.8 Å². The molecule has 28 heavy (non-hydrogen) atoms. The molecule has 0 saturated carbocycles. The van der Waals surface area contributed by atoms with E-state index in [1.807, 2.05) is 0 Å². The second-order valence-corrected chi connectivity index (χ2v) is 8.78. The molecule has 5 rings (SSSR count). The van der Waals surface area contributed by atoms with E-state index in [1.165, 1.54) is 49.8 Å². The van der Waals surface area contributed by atoms with Crippen LogP contribution < -0.4 is 0 Å². The van der Waals surface area contributed by atoms with Crippen LogP contribution >= 0.6 is 0 Å².